The van der Waals surface area contributed by atoms with Gasteiger partial charge in [0, 0.05) is 58.0 Å². The van der Waals surface area contributed by atoms with E-state index < -0.39 is 42.7 Å². The minimum Gasteiger partial charge on any atom is -0.465 e. The molecule has 0 saturated carbocycles. The molecule has 3 N–H and O–H groups in total. The largest absolute Gasteiger partial charge is 0.465 e. The quantitative estimate of drug-likeness (QED) is 0.163. The van der Waals surface area contributed by atoms with Gasteiger partial charge in [0.15, 0.2) is 0 Å². The molecule has 4 rings (SSSR count). The number of imidazole rings is 1. The van der Waals surface area contributed by atoms with Crippen LogP contribution in [0.3, 0.4) is 0 Å². The van der Waals surface area contributed by atoms with Crippen molar-refractivity contribution in [2.24, 2.45) is 22.7 Å². The third kappa shape index (κ3) is 10.2. The van der Waals surface area contributed by atoms with E-state index in [-0.39, 0.29) is 42.6 Å². The number of carbonyl (C=O) groups excluding carboxylic acids is 1. The van der Waals surface area contributed by atoms with Crippen molar-refractivity contribution < 1.29 is 28.2 Å². The SMILES string of the molecule is CC(C)(C)C1C(CN[C@@H](c2nc(-c3cc(F)ccc3F)cn2Cc2ccccc2)C(C)(C)C)C(CNC(=O)OCC[Si](C)(C)C)CN1C(=O)O. The van der Waals surface area contributed by atoms with Crippen LogP contribution in [-0.2, 0) is 11.3 Å². The Morgan fingerprint density at radius 1 is 1.04 bits per heavy atom. The molecule has 1 aliphatic rings. The highest BCUT2D eigenvalue weighted by molar-refractivity contribution is 6.76. The Morgan fingerprint density at radius 3 is 2.32 bits per heavy atom. The van der Waals surface area contributed by atoms with E-state index in [9.17, 15) is 19.1 Å². The number of carbonyl (C=O) groups is 2. The van der Waals surface area contributed by atoms with E-state index in [2.05, 4.69) is 51.0 Å². The van der Waals surface area contributed by atoms with Gasteiger partial charge in [0.1, 0.15) is 17.5 Å². The molecule has 0 radical (unpaired) electrons. The number of benzene rings is 2. The first-order chi connectivity index (χ1) is 23.2. The predicted octanol–water partition coefficient (Wildman–Crippen LogP) is 8.26. The van der Waals surface area contributed by atoms with E-state index in [0.717, 1.165) is 29.8 Å². The van der Waals surface area contributed by atoms with Gasteiger partial charge in [-0.3, -0.25) is 0 Å². The Balaban J connectivity index is 1.67. The summed E-state index contributed by atoms with van der Waals surface area (Å²) in [6.45, 7) is 20.8. The molecule has 1 aromatic heterocycles. The lowest BCUT2D eigenvalue weighted by Gasteiger charge is -2.39. The van der Waals surface area contributed by atoms with E-state index in [1.165, 1.54) is 4.90 Å². The minimum atomic E-state index is -1.38. The lowest BCUT2D eigenvalue weighted by atomic mass is 9.76. The van der Waals surface area contributed by atoms with Crippen molar-refractivity contribution in [2.75, 3.05) is 26.2 Å². The number of carboxylic acid groups (broad SMARTS) is 1. The molecule has 274 valence electrons. The number of rotatable bonds is 12. The van der Waals surface area contributed by atoms with Crippen LogP contribution in [0.1, 0.15) is 59.0 Å². The van der Waals surface area contributed by atoms with Crippen molar-refractivity contribution in [3.8, 4) is 11.3 Å². The Kier molecular flexibility index (Phi) is 12.2. The molecule has 12 heteroatoms. The van der Waals surface area contributed by atoms with E-state index >= 15 is 4.39 Å². The Labute approximate surface area is 296 Å². The highest BCUT2D eigenvalue weighted by Crippen LogP contribution is 2.41. The fraction of sp³-hybridized carbons (Fsp3) is 0.553. The summed E-state index contributed by atoms with van der Waals surface area (Å²) in [4.78, 5) is 31.7. The zero-order chi connectivity index (χ0) is 37.0. The number of amides is 2. The summed E-state index contributed by atoms with van der Waals surface area (Å²) >= 11 is 0. The van der Waals surface area contributed by atoms with Gasteiger partial charge in [0.2, 0.25) is 0 Å². The first kappa shape index (κ1) is 39.0. The van der Waals surface area contributed by atoms with Gasteiger partial charge in [-0.05, 0) is 46.6 Å². The molecule has 2 amide bonds. The van der Waals surface area contributed by atoms with Crippen molar-refractivity contribution in [2.45, 2.75) is 85.9 Å². The molecule has 0 spiro atoms. The average Bonchev–Trinajstić information content (AvgIpc) is 3.58. The second-order valence-corrected chi connectivity index (χ2v) is 22.5. The fourth-order valence-electron chi connectivity index (χ4n) is 6.94. The number of ether oxygens (including phenoxy) is 1. The van der Waals surface area contributed by atoms with Gasteiger partial charge in [-0.1, -0.05) is 91.5 Å². The third-order valence-corrected chi connectivity index (χ3v) is 11.1. The summed E-state index contributed by atoms with van der Waals surface area (Å²) < 4.78 is 36.8. The summed E-state index contributed by atoms with van der Waals surface area (Å²) in [6.07, 6.45) is 0.271. The summed E-state index contributed by atoms with van der Waals surface area (Å²) in [5.74, 6) is -0.821. The van der Waals surface area contributed by atoms with Gasteiger partial charge in [-0.15, -0.1) is 0 Å². The zero-order valence-corrected chi connectivity index (χ0v) is 32.0. The van der Waals surface area contributed by atoms with Crippen LogP contribution < -0.4 is 10.6 Å². The van der Waals surface area contributed by atoms with Gasteiger partial charge in [0.05, 0.1) is 18.3 Å². The number of hydrogen-bond donors (Lipinski definition) is 3. The van der Waals surface area contributed by atoms with Crippen molar-refractivity contribution in [1.29, 1.82) is 0 Å². The maximum Gasteiger partial charge on any atom is 0.407 e. The Morgan fingerprint density at radius 2 is 1.72 bits per heavy atom. The number of hydrogen-bond acceptors (Lipinski definition) is 5. The highest BCUT2D eigenvalue weighted by Gasteiger charge is 2.49. The highest BCUT2D eigenvalue weighted by atomic mass is 28.3. The van der Waals surface area contributed by atoms with Gasteiger partial charge in [-0.2, -0.15) is 0 Å². The zero-order valence-electron chi connectivity index (χ0n) is 31.0. The number of likely N-dealkylation sites (tertiary alicyclic amines) is 1. The van der Waals surface area contributed by atoms with Gasteiger partial charge >= 0.3 is 12.2 Å². The van der Waals surface area contributed by atoms with Gasteiger partial charge in [0.25, 0.3) is 0 Å². The molecule has 4 atom stereocenters. The lowest BCUT2D eigenvalue weighted by Crippen LogP contribution is -2.49. The van der Waals surface area contributed by atoms with Crippen LogP contribution in [0.5, 0.6) is 0 Å². The van der Waals surface area contributed by atoms with Gasteiger partial charge < -0.3 is 29.9 Å². The predicted molar refractivity (Wildman–Crippen MR) is 196 cm³/mol. The average molecular weight is 712 g/mol. The van der Waals surface area contributed by atoms with Crippen molar-refractivity contribution >= 4 is 20.3 Å². The van der Waals surface area contributed by atoms with E-state index in [1.54, 1.807) is 6.20 Å². The number of nitrogens with zero attached hydrogens (tertiary/aromatic N) is 3. The maximum absolute atomic E-state index is 15.0. The molecule has 1 saturated heterocycles. The molecule has 9 nitrogen and oxygen atoms in total. The van der Waals surface area contributed by atoms with E-state index in [0.29, 0.717) is 31.2 Å². The van der Waals surface area contributed by atoms with Crippen LogP contribution in [0, 0.1) is 34.3 Å². The molecular formula is C38H55F2N5O4Si. The summed E-state index contributed by atoms with van der Waals surface area (Å²) in [5, 5.41) is 17.0. The van der Waals surface area contributed by atoms with Crippen LogP contribution in [0.15, 0.2) is 54.7 Å². The summed E-state index contributed by atoms with van der Waals surface area (Å²) in [5.41, 5.74) is 0.628. The number of halogens is 2. The maximum atomic E-state index is 15.0. The van der Waals surface area contributed by atoms with Crippen LogP contribution in [0.25, 0.3) is 11.3 Å². The first-order valence-corrected chi connectivity index (χ1v) is 21.2. The smallest absolute Gasteiger partial charge is 0.407 e. The van der Waals surface area contributed by atoms with Crippen molar-refractivity contribution in [3.63, 3.8) is 0 Å². The molecule has 3 aromatic rings. The molecule has 2 heterocycles. The van der Waals surface area contributed by atoms with E-state index in [4.69, 9.17) is 9.72 Å². The minimum absolute atomic E-state index is 0.0780. The molecular weight excluding hydrogens is 657 g/mol. The molecule has 2 aromatic carbocycles. The summed E-state index contributed by atoms with van der Waals surface area (Å²) in [6, 6.07) is 13.4. The number of aromatic nitrogens is 2. The second kappa shape index (κ2) is 15.6. The normalized spacial score (nSPS) is 19.0. The van der Waals surface area contributed by atoms with Crippen molar-refractivity contribution in [3.05, 3.63) is 77.8 Å². The standard InChI is InChI=1S/C38H55F2N5O4Si/c1-37(2,3)32(34-43-31(28-19-27(39)15-16-30(28)40)24-44(34)22-25-13-11-10-12-14-25)41-21-29-26(20-42-35(46)49-17-18-50(7,8)9)23-45(36(47)48)33(29)38(4,5)6/h10-16,19,24,26,29,32-33,41H,17-18,20-23H2,1-9H3,(H,42,46)(H,47,48)/t26?,29?,32-,33?/m0/s1. The van der Waals surface area contributed by atoms with Gasteiger partial charge in [-0.25, -0.2) is 23.4 Å². The summed E-state index contributed by atoms with van der Waals surface area (Å²) in [7, 11) is -1.38. The number of nitrogens with one attached hydrogen (secondary N) is 2. The second-order valence-electron chi connectivity index (χ2n) is 16.9. The third-order valence-electron chi connectivity index (χ3n) is 9.39. The lowest BCUT2D eigenvalue weighted by molar-refractivity contribution is 0.0875. The van der Waals surface area contributed by atoms with Crippen LogP contribution in [-0.4, -0.2) is 72.1 Å². The van der Waals surface area contributed by atoms with Crippen LogP contribution in [0.4, 0.5) is 18.4 Å². The fourth-order valence-corrected chi connectivity index (χ4v) is 7.65. The van der Waals surface area contributed by atoms with Crippen LogP contribution in [0.2, 0.25) is 25.7 Å². The topological polar surface area (TPSA) is 109 Å². The van der Waals surface area contributed by atoms with E-state index in [1.807, 2.05) is 55.7 Å². The Hall–Kier alpha value is -3.77. The molecule has 1 fully saturated rings. The molecule has 1 aliphatic heterocycles. The molecule has 0 aliphatic carbocycles. The van der Waals surface area contributed by atoms with Crippen LogP contribution >= 0.6 is 0 Å². The number of alkyl carbamates (subject to hydrolysis) is 1. The molecule has 50 heavy (non-hydrogen) atoms. The monoisotopic (exact) mass is 711 g/mol. The Bertz CT molecular complexity index is 1610. The molecule has 0 bridgehead atoms. The van der Waals surface area contributed by atoms with Crippen molar-refractivity contribution in [1.82, 2.24) is 25.1 Å². The molecule has 3 unspecified atom stereocenters. The first-order valence-electron chi connectivity index (χ1n) is 17.4.